The van der Waals surface area contributed by atoms with Crippen molar-refractivity contribution in [2.75, 3.05) is 7.11 Å². The van der Waals surface area contributed by atoms with Gasteiger partial charge in [0.05, 0.1) is 13.5 Å². The zero-order valence-corrected chi connectivity index (χ0v) is 7.28. The Labute approximate surface area is 76.8 Å². The van der Waals surface area contributed by atoms with Crippen LogP contribution in [-0.4, -0.2) is 18.4 Å². The fourth-order valence-electron chi connectivity index (χ4n) is 0.794. The van der Waals surface area contributed by atoms with E-state index in [2.05, 4.69) is 16.8 Å². The Hall–Kier alpha value is -1.82. The van der Waals surface area contributed by atoms with Crippen molar-refractivity contribution in [2.45, 2.75) is 6.42 Å². The predicted octanol–water partition coefficient (Wildman–Crippen LogP) is 1.03. The lowest BCUT2D eigenvalue weighted by Gasteiger charge is -1.96. The Balaban J connectivity index is 2.78. The zero-order valence-electron chi connectivity index (χ0n) is 7.28. The highest BCUT2D eigenvalue weighted by Crippen LogP contribution is 2.06. The number of carbonyl (C=O) groups is 1. The van der Waals surface area contributed by atoms with E-state index < -0.39 is 0 Å². The van der Waals surface area contributed by atoms with E-state index in [1.807, 2.05) is 0 Å². The summed E-state index contributed by atoms with van der Waals surface area (Å²) < 4.78 is 4.91. The Morgan fingerprint density at radius 3 is 3.23 bits per heavy atom. The molecule has 0 unspecified atom stereocenters. The Morgan fingerprint density at radius 2 is 2.54 bits per heavy atom. The summed E-state index contributed by atoms with van der Waals surface area (Å²) in [6, 6.07) is 3.48. The van der Waals surface area contributed by atoms with Gasteiger partial charge in [-0.1, -0.05) is 11.8 Å². The lowest BCUT2D eigenvalue weighted by Crippen LogP contribution is -1.87. The first kappa shape index (κ1) is 9.27. The van der Waals surface area contributed by atoms with E-state index in [1.54, 1.807) is 25.4 Å². The summed E-state index contributed by atoms with van der Waals surface area (Å²) in [7, 11) is 1.55. The standard InChI is InChI=1S/C10H9NO2/c1-13-10-8-9(5-6-11-10)4-2-3-7-12/h5-8H,3H2,1H3. The minimum Gasteiger partial charge on any atom is -0.481 e. The molecule has 0 atom stereocenters. The van der Waals surface area contributed by atoms with Gasteiger partial charge in [-0.15, -0.1) is 0 Å². The highest BCUT2D eigenvalue weighted by atomic mass is 16.5. The second kappa shape index (κ2) is 4.94. The Kier molecular flexibility index (Phi) is 3.52. The molecule has 0 saturated heterocycles. The van der Waals surface area contributed by atoms with Crippen LogP contribution >= 0.6 is 0 Å². The minimum atomic E-state index is 0.255. The highest BCUT2D eigenvalue weighted by Gasteiger charge is 1.91. The molecule has 0 spiro atoms. The second-order valence-corrected chi connectivity index (χ2v) is 2.26. The van der Waals surface area contributed by atoms with Gasteiger partial charge in [0.25, 0.3) is 0 Å². The summed E-state index contributed by atoms with van der Waals surface area (Å²) in [5.74, 6) is 6.05. The fourth-order valence-corrected chi connectivity index (χ4v) is 0.794. The smallest absolute Gasteiger partial charge is 0.214 e. The largest absolute Gasteiger partial charge is 0.481 e. The maximum absolute atomic E-state index is 9.98. The normalized spacial score (nSPS) is 8.38. The molecule has 0 saturated carbocycles. The summed E-state index contributed by atoms with van der Waals surface area (Å²) in [5, 5.41) is 0. The number of pyridine rings is 1. The van der Waals surface area contributed by atoms with E-state index in [1.165, 1.54) is 0 Å². The Morgan fingerprint density at radius 1 is 1.69 bits per heavy atom. The summed E-state index contributed by atoms with van der Waals surface area (Å²) in [6.07, 6.45) is 2.64. The summed E-state index contributed by atoms with van der Waals surface area (Å²) in [6.45, 7) is 0. The molecule has 0 aliphatic carbocycles. The summed E-state index contributed by atoms with van der Waals surface area (Å²) in [5.41, 5.74) is 0.800. The van der Waals surface area contributed by atoms with Gasteiger partial charge in [-0.3, -0.25) is 0 Å². The number of carbonyl (C=O) groups excluding carboxylic acids is 1. The number of hydrogen-bond acceptors (Lipinski definition) is 3. The van der Waals surface area contributed by atoms with Crippen molar-refractivity contribution in [3.63, 3.8) is 0 Å². The lowest BCUT2D eigenvalue weighted by molar-refractivity contribution is -0.107. The minimum absolute atomic E-state index is 0.255. The maximum Gasteiger partial charge on any atom is 0.214 e. The lowest BCUT2D eigenvalue weighted by atomic mass is 10.2. The third-order valence-electron chi connectivity index (χ3n) is 1.36. The van der Waals surface area contributed by atoms with Gasteiger partial charge in [0.15, 0.2) is 0 Å². The number of aldehydes is 1. The van der Waals surface area contributed by atoms with E-state index in [9.17, 15) is 4.79 Å². The van der Waals surface area contributed by atoms with Crippen molar-refractivity contribution >= 4 is 6.29 Å². The zero-order chi connectivity index (χ0) is 9.52. The van der Waals surface area contributed by atoms with Crippen molar-refractivity contribution in [3.8, 4) is 17.7 Å². The van der Waals surface area contributed by atoms with E-state index in [4.69, 9.17) is 4.74 Å². The third kappa shape index (κ3) is 2.96. The Bertz CT molecular complexity index is 349. The summed E-state index contributed by atoms with van der Waals surface area (Å²) >= 11 is 0. The number of ether oxygens (including phenoxy) is 1. The molecule has 0 aromatic carbocycles. The van der Waals surface area contributed by atoms with Gasteiger partial charge in [-0.2, -0.15) is 0 Å². The van der Waals surface area contributed by atoms with Crippen molar-refractivity contribution < 1.29 is 9.53 Å². The van der Waals surface area contributed by atoms with Gasteiger partial charge in [0.2, 0.25) is 5.88 Å². The van der Waals surface area contributed by atoms with E-state index in [0.717, 1.165) is 11.8 Å². The monoisotopic (exact) mass is 175 g/mol. The van der Waals surface area contributed by atoms with Crippen molar-refractivity contribution in [3.05, 3.63) is 23.9 Å². The van der Waals surface area contributed by atoms with Gasteiger partial charge in [0.1, 0.15) is 6.29 Å². The van der Waals surface area contributed by atoms with Gasteiger partial charge < -0.3 is 9.53 Å². The topological polar surface area (TPSA) is 39.2 Å². The van der Waals surface area contributed by atoms with Crippen LogP contribution in [-0.2, 0) is 4.79 Å². The molecule has 0 radical (unpaired) electrons. The highest BCUT2D eigenvalue weighted by molar-refractivity contribution is 5.55. The third-order valence-corrected chi connectivity index (χ3v) is 1.36. The molecule has 1 rings (SSSR count). The molecule has 1 aromatic rings. The quantitative estimate of drug-likeness (QED) is 0.497. The molecule has 1 heterocycles. The molecule has 13 heavy (non-hydrogen) atoms. The van der Waals surface area contributed by atoms with Gasteiger partial charge in [0, 0.05) is 17.8 Å². The molecular weight excluding hydrogens is 166 g/mol. The van der Waals surface area contributed by atoms with E-state index in [-0.39, 0.29) is 6.42 Å². The van der Waals surface area contributed by atoms with Crippen LogP contribution in [0.3, 0.4) is 0 Å². The second-order valence-electron chi connectivity index (χ2n) is 2.26. The first-order valence-electron chi connectivity index (χ1n) is 3.79. The van der Waals surface area contributed by atoms with Gasteiger partial charge in [-0.05, 0) is 6.07 Å². The van der Waals surface area contributed by atoms with Crippen LogP contribution in [0.1, 0.15) is 12.0 Å². The summed E-state index contributed by atoms with van der Waals surface area (Å²) in [4.78, 5) is 13.9. The predicted molar refractivity (Wildman–Crippen MR) is 48.3 cm³/mol. The van der Waals surface area contributed by atoms with Crippen LogP contribution < -0.4 is 4.74 Å². The molecule has 0 amide bonds. The van der Waals surface area contributed by atoms with Gasteiger partial charge in [-0.25, -0.2) is 4.98 Å². The van der Waals surface area contributed by atoms with Crippen molar-refractivity contribution in [1.82, 2.24) is 4.98 Å². The number of hydrogen-bond donors (Lipinski definition) is 0. The number of methoxy groups -OCH3 is 1. The molecule has 0 aliphatic heterocycles. The van der Waals surface area contributed by atoms with Crippen LogP contribution in [0, 0.1) is 11.8 Å². The van der Waals surface area contributed by atoms with Gasteiger partial charge >= 0.3 is 0 Å². The molecule has 0 aliphatic rings. The number of nitrogens with zero attached hydrogens (tertiary/aromatic N) is 1. The van der Waals surface area contributed by atoms with Crippen LogP contribution in [0.15, 0.2) is 18.3 Å². The maximum atomic E-state index is 9.98. The molecule has 66 valence electrons. The van der Waals surface area contributed by atoms with Crippen LogP contribution in [0.2, 0.25) is 0 Å². The van der Waals surface area contributed by atoms with E-state index in [0.29, 0.717) is 5.88 Å². The SMILES string of the molecule is COc1cc(C#CCC=O)ccn1. The molecule has 0 N–H and O–H groups in total. The fraction of sp³-hybridized carbons (Fsp3) is 0.200. The molecule has 1 aromatic heterocycles. The van der Waals surface area contributed by atoms with Crippen LogP contribution in [0.5, 0.6) is 5.88 Å². The molecule has 0 bridgehead atoms. The van der Waals surface area contributed by atoms with Crippen molar-refractivity contribution in [1.29, 1.82) is 0 Å². The van der Waals surface area contributed by atoms with Crippen LogP contribution in [0.4, 0.5) is 0 Å². The van der Waals surface area contributed by atoms with Crippen LogP contribution in [0.25, 0.3) is 0 Å². The molecule has 3 heteroatoms. The number of aromatic nitrogens is 1. The first-order valence-corrected chi connectivity index (χ1v) is 3.79. The average molecular weight is 175 g/mol. The van der Waals surface area contributed by atoms with Crippen molar-refractivity contribution in [2.24, 2.45) is 0 Å². The molecule has 0 fully saturated rings. The van der Waals surface area contributed by atoms with E-state index >= 15 is 0 Å². The average Bonchev–Trinajstić information content (AvgIpc) is 2.19. The first-order chi connectivity index (χ1) is 6.36. The molecular formula is C10H9NO2. The number of rotatable bonds is 2. The molecule has 3 nitrogen and oxygen atoms in total.